The Balaban J connectivity index is 2.32. The first-order chi connectivity index (χ1) is 9.88. The molecule has 1 aromatic heterocycles. The van der Waals surface area contributed by atoms with Crippen LogP contribution in [-0.2, 0) is 13.6 Å². The molecular formula is C13H14N4O4. The van der Waals surface area contributed by atoms with Gasteiger partial charge in [0.2, 0.25) is 0 Å². The number of hydrogen-bond acceptors (Lipinski definition) is 5. The van der Waals surface area contributed by atoms with Gasteiger partial charge in [-0.05, 0) is 19.1 Å². The summed E-state index contributed by atoms with van der Waals surface area (Å²) in [5, 5.41) is 27.2. The molecule has 2 rings (SSSR count). The molecule has 0 amide bonds. The molecule has 0 aliphatic carbocycles. The molecule has 1 heterocycles. The van der Waals surface area contributed by atoms with Gasteiger partial charge in [-0.25, -0.2) is 4.79 Å². The fourth-order valence-electron chi connectivity index (χ4n) is 1.94. The first kappa shape index (κ1) is 14.5. The van der Waals surface area contributed by atoms with Crippen LogP contribution < -0.4 is 5.32 Å². The largest absolute Gasteiger partial charge is 0.478 e. The Labute approximate surface area is 120 Å². The molecule has 0 bridgehead atoms. The van der Waals surface area contributed by atoms with Crippen molar-refractivity contribution in [3.8, 4) is 0 Å². The van der Waals surface area contributed by atoms with E-state index in [0.717, 1.165) is 11.8 Å². The van der Waals surface area contributed by atoms with E-state index in [2.05, 4.69) is 10.4 Å². The van der Waals surface area contributed by atoms with Gasteiger partial charge in [0.05, 0.1) is 22.7 Å². The molecule has 0 saturated carbocycles. The number of benzene rings is 1. The van der Waals surface area contributed by atoms with Gasteiger partial charge < -0.3 is 10.4 Å². The van der Waals surface area contributed by atoms with E-state index in [1.54, 1.807) is 30.9 Å². The predicted octanol–water partition coefficient (Wildman–Crippen LogP) is 1.95. The van der Waals surface area contributed by atoms with E-state index in [1.807, 2.05) is 0 Å². The molecular weight excluding hydrogens is 276 g/mol. The molecule has 2 N–H and O–H groups in total. The van der Waals surface area contributed by atoms with Gasteiger partial charge in [0.1, 0.15) is 0 Å². The van der Waals surface area contributed by atoms with E-state index < -0.39 is 10.9 Å². The van der Waals surface area contributed by atoms with Crippen molar-refractivity contribution < 1.29 is 14.8 Å². The Morgan fingerprint density at radius 3 is 2.76 bits per heavy atom. The molecule has 1 aromatic carbocycles. The van der Waals surface area contributed by atoms with Crippen molar-refractivity contribution in [1.29, 1.82) is 0 Å². The highest BCUT2D eigenvalue weighted by atomic mass is 16.6. The zero-order chi connectivity index (χ0) is 15.6. The summed E-state index contributed by atoms with van der Waals surface area (Å²) in [5.74, 6) is -1.21. The molecule has 8 nitrogen and oxygen atoms in total. The second-order valence-corrected chi connectivity index (χ2v) is 4.56. The summed E-state index contributed by atoms with van der Waals surface area (Å²) >= 11 is 0. The van der Waals surface area contributed by atoms with Crippen LogP contribution in [0.2, 0.25) is 0 Å². The molecule has 0 atom stereocenters. The number of aromatic carboxylic acids is 1. The van der Waals surface area contributed by atoms with E-state index in [4.69, 9.17) is 5.11 Å². The van der Waals surface area contributed by atoms with E-state index >= 15 is 0 Å². The summed E-state index contributed by atoms with van der Waals surface area (Å²) in [4.78, 5) is 21.5. The van der Waals surface area contributed by atoms with Gasteiger partial charge in [-0.1, -0.05) is 0 Å². The Morgan fingerprint density at radius 2 is 2.24 bits per heavy atom. The van der Waals surface area contributed by atoms with Crippen LogP contribution >= 0.6 is 0 Å². The average Bonchev–Trinajstić information content (AvgIpc) is 2.82. The summed E-state index contributed by atoms with van der Waals surface area (Å²) in [6.07, 6.45) is 1.78. The number of aryl methyl sites for hydroxylation is 1. The molecule has 21 heavy (non-hydrogen) atoms. The van der Waals surface area contributed by atoms with Crippen molar-refractivity contribution in [1.82, 2.24) is 9.78 Å². The lowest BCUT2D eigenvalue weighted by atomic mass is 10.1. The molecule has 8 heteroatoms. The molecule has 0 saturated heterocycles. The number of aromatic nitrogens is 2. The topological polar surface area (TPSA) is 110 Å². The van der Waals surface area contributed by atoms with Crippen molar-refractivity contribution in [2.24, 2.45) is 7.05 Å². The van der Waals surface area contributed by atoms with Gasteiger partial charge in [0.25, 0.3) is 5.69 Å². The van der Waals surface area contributed by atoms with Crippen LogP contribution in [0.15, 0.2) is 24.4 Å². The minimum absolute atomic E-state index is 0.129. The second-order valence-electron chi connectivity index (χ2n) is 4.56. The van der Waals surface area contributed by atoms with Gasteiger partial charge in [0.15, 0.2) is 0 Å². The number of carboxylic acid groups (broad SMARTS) is 1. The van der Waals surface area contributed by atoms with Crippen molar-refractivity contribution in [2.75, 3.05) is 5.32 Å². The molecule has 0 aliphatic rings. The number of nitrogens with one attached hydrogen (secondary N) is 1. The number of hydrogen-bond donors (Lipinski definition) is 2. The summed E-state index contributed by atoms with van der Waals surface area (Å²) in [7, 11) is 1.78. The minimum Gasteiger partial charge on any atom is -0.478 e. The molecule has 2 aromatic rings. The molecule has 0 fully saturated rings. The maximum atomic E-state index is 11.1. The minimum atomic E-state index is -1.21. The molecule has 110 valence electrons. The lowest BCUT2D eigenvalue weighted by Crippen LogP contribution is -2.07. The van der Waals surface area contributed by atoms with Gasteiger partial charge in [-0.15, -0.1) is 0 Å². The van der Waals surface area contributed by atoms with Crippen LogP contribution in [0.3, 0.4) is 0 Å². The highest BCUT2D eigenvalue weighted by molar-refractivity contribution is 5.90. The van der Waals surface area contributed by atoms with Gasteiger partial charge in [0, 0.05) is 30.6 Å². The summed E-state index contributed by atoms with van der Waals surface area (Å²) in [6, 6.07) is 4.25. The first-order valence-corrected chi connectivity index (χ1v) is 6.13. The standard InChI is InChI=1S/C13H14N4O4/c1-8-11(14-7-10-3-4-16(2)15-10)5-9(13(18)19)6-12(8)17(20)21/h3-6,14H,7H2,1-2H3,(H,18,19). The Hall–Kier alpha value is -2.90. The molecule has 0 spiro atoms. The van der Waals surface area contributed by atoms with E-state index in [-0.39, 0.29) is 11.3 Å². The summed E-state index contributed by atoms with van der Waals surface area (Å²) in [5.41, 5.74) is 1.20. The van der Waals surface area contributed by atoms with Crippen LogP contribution in [0.4, 0.5) is 11.4 Å². The molecule has 0 unspecified atom stereocenters. The molecule has 0 aliphatic heterocycles. The van der Waals surface area contributed by atoms with Crippen LogP contribution in [0.25, 0.3) is 0 Å². The molecule has 0 radical (unpaired) electrons. The van der Waals surface area contributed by atoms with E-state index in [9.17, 15) is 14.9 Å². The quantitative estimate of drug-likeness (QED) is 0.643. The predicted molar refractivity (Wildman–Crippen MR) is 75.3 cm³/mol. The lowest BCUT2D eigenvalue weighted by molar-refractivity contribution is -0.385. The number of anilines is 1. The second kappa shape index (κ2) is 5.61. The lowest BCUT2D eigenvalue weighted by Gasteiger charge is -2.10. The maximum absolute atomic E-state index is 11.1. The van der Waals surface area contributed by atoms with Crippen molar-refractivity contribution >= 4 is 17.3 Å². The maximum Gasteiger partial charge on any atom is 0.336 e. The Morgan fingerprint density at radius 1 is 1.52 bits per heavy atom. The van der Waals surface area contributed by atoms with Gasteiger partial charge in [-0.2, -0.15) is 5.10 Å². The number of carbonyl (C=O) groups is 1. The zero-order valence-corrected chi connectivity index (χ0v) is 11.5. The Kier molecular flexibility index (Phi) is 3.88. The van der Waals surface area contributed by atoms with E-state index in [0.29, 0.717) is 17.8 Å². The highest BCUT2D eigenvalue weighted by Crippen LogP contribution is 2.28. The highest BCUT2D eigenvalue weighted by Gasteiger charge is 2.19. The SMILES string of the molecule is Cc1c(NCc2ccn(C)n2)cc(C(=O)O)cc1[N+](=O)[O-]. The third-order valence-corrected chi connectivity index (χ3v) is 3.05. The number of nitro groups is 1. The monoisotopic (exact) mass is 290 g/mol. The van der Waals surface area contributed by atoms with Crippen molar-refractivity contribution in [3.63, 3.8) is 0 Å². The number of nitro benzene ring substituents is 1. The van der Waals surface area contributed by atoms with Gasteiger partial charge in [-0.3, -0.25) is 14.8 Å². The first-order valence-electron chi connectivity index (χ1n) is 6.13. The van der Waals surface area contributed by atoms with Crippen molar-refractivity contribution in [2.45, 2.75) is 13.5 Å². The van der Waals surface area contributed by atoms with Crippen LogP contribution in [-0.4, -0.2) is 25.8 Å². The third kappa shape index (κ3) is 3.16. The van der Waals surface area contributed by atoms with Crippen molar-refractivity contribution in [3.05, 3.63) is 51.3 Å². The van der Waals surface area contributed by atoms with Crippen LogP contribution in [0.1, 0.15) is 21.6 Å². The fourth-order valence-corrected chi connectivity index (χ4v) is 1.94. The number of carboxylic acids is 1. The summed E-state index contributed by atoms with van der Waals surface area (Å²) in [6.45, 7) is 1.92. The van der Waals surface area contributed by atoms with E-state index in [1.165, 1.54) is 6.07 Å². The normalized spacial score (nSPS) is 10.4. The average molecular weight is 290 g/mol. The number of nitrogens with zero attached hydrogens (tertiary/aromatic N) is 3. The third-order valence-electron chi connectivity index (χ3n) is 3.05. The van der Waals surface area contributed by atoms with Gasteiger partial charge >= 0.3 is 5.97 Å². The summed E-state index contributed by atoms with van der Waals surface area (Å²) < 4.78 is 1.64. The Bertz CT molecular complexity index is 708. The van der Waals surface area contributed by atoms with Crippen LogP contribution in [0.5, 0.6) is 0 Å². The van der Waals surface area contributed by atoms with Crippen LogP contribution in [0, 0.1) is 17.0 Å². The zero-order valence-electron chi connectivity index (χ0n) is 11.5. The fraction of sp³-hybridized carbons (Fsp3) is 0.231. The number of rotatable bonds is 5. The smallest absolute Gasteiger partial charge is 0.336 e.